The molecule has 0 heterocycles. The van der Waals surface area contributed by atoms with Crippen molar-refractivity contribution in [1.29, 1.82) is 0 Å². The highest BCUT2D eigenvalue weighted by molar-refractivity contribution is 5.84. The van der Waals surface area contributed by atoms with E-state index in [-0.39, 0.29) is 18.3 Å². The molecule has 0 unspecified atom stereocenters. The number of hydrogen-bond acceptors (Lipinski definition) is 0. The second-order valence-electron chi connectivity index (χ2n) is 13.1. The van der Waals surface area contributed by atoms with E-state index in [1.54, 1.807) is 0 Å². The third-order valence-electron chi connectivity index (χ3n) is 10.6. The summed E-state index contributed by atoms with van der Waals surface area (Å²) in [5, 5.41) is 0. The van der Waals surface area contributed by atoms with E-state index < -0.39 is 0 Å². The van der Waals surface area contributed by atoms with Gasteiger partial charge in [-0.15, -0.1) is 6.42 Å². The average molecular weight is 659 g/mol. The maximum absolute atomic E-state index is 5.10. The molecule has 250 valence electrons. The van der Waals surface area contributed by atoms with Crippen LogP contribution in [0, 0.1) is 12.3 Å². The molecule has 51 heavy (non-hydrogen) atoms. The Balaban J connectivity index is 0.000000358. The molecule has 9 rings (SSSR count). The van der Waals surface area contributed by atoms with Crippen molar-refractivity contribution < 1.29 is 0 Å². The molecule has 2 aliphatic rings. The van der Waals surface area contributed by atoms with Crippen molar-refractivity contribution in [2.75, 3.05) is 0 Å². The summed E-state index contributed by atoms with van der Waals surface area (Å²) in [5.74, 6) is 2.53. The molecule has 0 nitrogen and oxygen atoms in total. The van der Waals surface area contributed by atoms with Crippen LogP contribution in [0.25, 0.3) is 33.4 Å². The zero-order chi connectivity index (χ0) is 34.7. The van der Waals surface area contributed by atoms with E-state index >= 15 is 0 Å². The first-order valence-electron chi connectivity index (χ1n) is 17.7. The number of benzene rings is 7. The minimum absolute atomic E-state index is 0. The zero-order valence-electron chi connectivity index (χ0n) is 29.3. The van der Waals surface area contributed by atoms with Crippen molar-refractivity contribution in [3.8, 4) is 45.7 Å². The van der Waals surface area contributed by atoms with Gasteiger partial charge in [0.2, 0.25) is 0 Å². The predicted octanol–water partition coefficient (Wildman–Crippen LogP) is 13.4. The van der Waals surface area contributed by atoms with Gasteiger partial charge in [0, 0.05) is 16.4 Å². The Morgan fingerprint density at radius 2 is 0.647 bits per heavy atom. The largest absolute Gasteiger partial charge is 0.115 e. The lowest BCUT2D eigenvalue weighted by Crippen LogP contribution is -2.22. The van der Waals surface area contributed by atoms with Gasteiger partial charge in [-0.05, 0) is 92.7 Å². The highest BCUT2D eigenvalue weighted by atomic mass is 14.4. The van der Waals surface area contributed by atoms with Crippen molar-refractivity contribution >= 4 is 0 Å². The molecule has 0 saturated carbocycles. The lowest BCUT2D eigenvalue weighted by molar-refractivity contribution is 0.713. The highest BCUT2D eigenvalue weighted by Gasteiger charge is 2.41. The summed E-state index contributed by atoms with van der Waals surface area (Å²) < 4.78 is 0. The fourth-order valence-electron chi connectivity index (χ4n) is 8.05. The van der Waals surface area contributed by atoms with Gasteiger partial charge in [-0.1, -0.05) is 191 Å². The van der Waals surface area contributed by atoms with Gasteiger partial charge in [0.15, 0.2) is 0 Å². The van der Waals surface area contributed by atoms with Crippen molar-refractivity contribution in [1.82, 2.24) is 0 Å². The van der Waals surface area contributed by atoms with Crippen LogP contribution < -0.4 is 0 Å². The molecular formula is C51H46. The van der Waals surface area contributed by atoms with Gasteiger partial charge >= 0.3 is 0 Å². The third-order valence-corrected chi connectivity index (χ3v) is 10.6. The summed E-state index contributed by atoms with van der Waals surface area (Å²) in [7, 11) is 0. The van der Waals surface area contributed by atoms with Crippen molar-refractivity contribution in [3.05, 3.63) is 215 Å². The lowest BCUT2D eigenvalue weighted by atomic mass is 9.73. The SMILES string of the molecule is C.C#Cc1ccccc1.CC.CC1(c2ccc(-c3ccc(C4(C)c5ccccc5-c5ccccc54)cc3)cc2)c2ccccc2-c2ccccc21. The third kappa shape index (κ3) is 5.80. The Hall–Kier alpha value is -5.90. The Kier molecular flexibility index (Phi) is 9.95. The van der Waals surface area contributed by atoms with E-state index in [1.165, 1.54) is 66.8 Å². The van der Waals surface area contributed by atoms with Crippen molar-refractivity contribution in [2.45, 2.75) is 46.0 Å². The molecule has 0 bridgehead atoms. The highest BCUT2D eigenvalue weighted by Crippen LogP contribution is 2.53. The van der Waals surface area contributed by atoms with Crippen molar-refractivity contribution in [2.24, 2.45) is 0 Å². The van der Waals surface area contributed by atoms with Gasteiger partial charge < -0.3 is 0 Å². The monoisotopic (exact) mass is 658 g/mol. The van der Waals surface area contributed by atoms with Crippen LogP contribution >= 0.6 is 0 Å². The molecule has 0 atom stereocenters. The Morgan fingerprint density at radius 3 is 0.922 bits per heavy atom. The van der Waals surface area contributed by atoms with Crippen LogP contribution in [0.4, 0.5) is 0 Å². The van der Waals surface area contributed by atoms with E-state index in [0.717, 1.165) is 5.56 Å². The first kappa shape index (κ1) is 34.9. The topological polar surface area (TPSA) is 0 Å². The molecule has 0 radical (unpaired) electrons. The summed E-state index contributed by atoms with van der Waals surface area (Å²) in [6, 6.07) is 63.6. The molecule has 0 aromatic heterocycles. The molecule has 0 fully saturated rings. The first-order valence-corrected chi connectivity index (χ1v) is 17.7. The molecule has 0 N–H and O–H groups in total. The van der Waals surface area contributed by atoms with Gasteiger partial charge in [0.05, 0.1) is 0 Å². The average Bonchev–Trinajstić information content (AvgIpc) is 3.63. The van der Waals surface area contributed by atoms with Gasteiger partial charge in [0.25, 0.3) is 0 Å². The molecule has 0 heteroatoms. The Bertz CT molecular complexity index is 2060. The zero-order valence-corrected chi connectivity index (χ0v) is 29.3. The minimum atomic E-state index is -0.159. The van der Waals surface area contributed by atoms with Crippen LogP contribution in [0.3, 0.4) is 0 Å². The summed E-state index contributed by atoms with van der Waals surface area (Å²) >= 11 is 0. The van der Waals surface area contributed by atoms with E-state index in [1.807, 2.05) is 44.2 Å². The molecule has 0 spiro atoms. The van der Waals surface area contributed by atoms with Crippen LogP contribution in [0.5, 0.6) is 0 Å². The minimum Gasteiger partial charge on any atom is -0.115 e. The number of hydrogen-bond donors (Lipinski definition) is 0. The predicted molar refractivity (Wildman–Crippen MR) is 219 cm³/mol. The Morgan fingerprint density at radius 1 is 0.373 bits per heavy atom. The number of terminal acetylenes is 1. The normalized spacial score (nSPS) is 13.2. The summed E-state index contributed by atoms with van der Waals surface area (Å²) in [5.41, 5.74) is 16.7. The molecule has 2 aliphatic carbocycles. The molecule has 0 aliphatic heterocycles. The van der Waals surface area contributed by atoms with Gasteiger partial charge in [-0.3, -0.25) is 0 Å². The van der Waals surface area contributed by atoms with Gasteiger partial charge in [-0.2, -0.15) is 0 Å². The maximum atomic E-state index is 5.10. The first-order chi connectivity index (χ1) is 24.5. The summed E-state index contributed by atoms with van der Waals surface area (Å²) in [6.07, 6.45) is 5.10. The maximum Gasteiger partial charge on any atom is 0.0435 e. The number of rotatable bonds is 3. The molecule has 7 aromatic carbocycles. The van der Waals surface area contributed by atoms with Crippen molar-refractivity contribution in [3.63, 3.8) is 0 Å². The fourth-order valence-corrected chi connectivity index (χ4v) is 8.05. The van der Waals surface area contributed by atoms with Gasteiger partial charge in [0.1, 0.15) is 0 Å². The van der Waals surface area contributed by atoms with E-state index in [4.69, 9.17) is 6.42 Å². The van der Waals surface area contributed by atoms with Crippen LogP contribution in [0.15, 0.2) is 176 Å². The lowest BCUT2D eigenvalue weighted by Gasteiger charge is -2.29. The second-order valence-corrected chi connectivity index (χ2v) is 13.1. The second kappa shape index (κ2) is 14.5. The van der Waals surface area contributed by atoms with Crippen LogP contribution in [0.2, 0.25) is 0 Å². The Labute approximate surface area is 305 Å². The smallest absolute Gasteiger partial charge is 0.0435 e. The van der Waals surface area contributed by atoms with E-state index in [0.29, 0.717) is 0 Å². The number of fused-ring (bicyclic) bond motifs is 6. The van der Waals surface area contributed by atoms with Crippen LogP contribution in [-0.2, 0) is 10.8 Å². The molecule has 0 amide bonds. The summed E-state index contributed by atoms with van der Waals surface area (Å²) in [4.78, 5) is 0. The van der Waals surface area contributed by atoms with E-state index in [9.17, 15) is 0 Å². The van der Waals surface area contributed by atoms with Gasteiger partial charge in [-0.25, -0.2) is 0 Å². The molecule has 0 saturated heterocycles. The van der Waals surface area contributed by atoms with Crippen LogP contribution in [0.1, 0.15) is 74.1 Å². The van der Waals surface area contributed by atoms with Crippen LogP contribution in [-0.4, -0.2) is 0 Å². The quantitative estimate of drug-likeness (QED) is 0.166. The van der Waals surface area contributed by atoms with E-state index in [2.05, 4.69) is 165 Å². The fraction of sp³-hybridized carbons (Fsp3) is 0.137. The molecular weight excluding hydrogens is 613 g/mol. The standard InChI is InChI=1S/C40H30.C8H6.C2H6.CH4/c1-39(35-15-7-3-11-31(35)32-12-4-8-16-36(32)39)29-23-19-27(20-24-29)28-21-25-30(26-22-28)40(2)37-17-9-5-13-33(37)34-14-6-10-18-38(34)40;1-2-8-6-4-3-5-7-8;1-2;/h3-26H,1-2H3;1,3-7H;1-2H3;1H4. The molecule has 7 aromatic rings. The summed E-state index contributed by atoms with van der Waals surface area (Å²) in [6.45, 7) is 8.75.